The highest BCUT2D eigenvalue weighted by molar-refractivity contribution is 5.62. The molecule has 2 N–H and O–H groups in total. The summed E-state index contributed by atoms with van der Waals surface area (Å²) < 4.78 is 0. The van der Waals surface area contributed by atoms with Crippen molar-refractivity contribution >= 4 is 0 Å². The van der Waals surface area contributed by atoms with Gasteiger partial charge >= 0.3 is 0 Å². The molecular formula is C23H25N3. The third kappa shape index (κ3) is 2.86. The van der Waals surface area contributed by atoms with Gasteiger partial charge in [-0.2, -0.15) is 5.10 Å². The van der Waals surface area contributed by atoms with Gasteiger partial charge in [0.2, 0.25) is 0 Å². The van der Waals surface area contributed by atoms with Crippen LogP contribution in [0, 0.1) is 0 Å². The Kier molecular flexibility index (Phi) is 3.90. The minimum atomic E-state index is 0.332. The summed E-state index contributed by atoms with van der Waals surface area (Å²) in [6.07, 6.45) is 9.05. The van der Waals surface area contributed by atoms with Gasteiger partial charge in [0.25, 0.3) is 0 Å². The first kappa shape index (κ1) is 15.8. The van der Waals surface area contributed by atoms with E-state index in [4.69, 9.17) is 0 Å². The largest absolute Gasteiger partial charge is 0.312 e. The van der Waals surface area contributed by atoms with Crippen LogP contribution in [0.25, 0.3) is 11.1 Å². The van der Waals surface area contributed by atoms with Crippen LogP contribution in [0.5, 0.6) is 0 Å². The molecule has 1 heterocycles. The third-order valence-electron chi connectivity index (χ3n) is 6.36. The smallest absolute Gasteiger partial charge is 0.0565 e. The molecule has 0 spiro atoms. The first-order valence-electron chi connectivity index (χ1n) is 9.72. The minimum absolute atomic E-state index is 0.332. The number of aromatic amines is 1. The Morgan fingerprint density at radius 2 is 1.81 bits per heavy atom. The quantitative estimate of drug-likeness (QED) is 0.684. The number of benzene rings is 2. The summed E-state index contributed by atoms with van der Waals surface area (Å²) in [5.74, 6) is 0.705. The van der Waals surface area contributed by atoms with Gasteiger partial charge < -0.3 is 5.32 Å². The fraction of sp³-hybridized carbons (Fsp3) is 0.348. The summed E-state index contributed by atoms with van der Waals surface area (Å²) in [4.78, 5) is 0. The average Bonchev–Trinajstić information content (AvgIpc) is 3.23. The van der Waals surface area contributed by atoms with Crippen molar-refractivity contribution in [1.29, 1.82) is 0 Å². The van der Waals surface area contributed by atoms with Gasteiger partial charge in [-0.15, -0.1) is 0 Å². The number of nitrogens with zero attached hydrogens (tertiary/aromatic N) is 1. The molecule has 2 saturated carbocycles. The monoisotopic (exact) mass is 343 g/mol. The Hall–Kier alpha value is -2.39. The molecule has 2 aromatic carbocycles. The second kappa shape index (κ2) is 6.40. The Bertz CT molecular complexity index is 848. The molecule has 2 aliphatic rings. The minimum Gasteiger partial charge on any atom is -0.312 e. The maximum Gasteiger partial charge on any atom is 0.0565 e. The van der Waals surface area contributed by atoms with Crippen LogP contribution < -0.4 is 5.32 Å². The highest BCUT2D eigenvalue weighted by Crippen LogP contribution is 2.46. The van der Waals surface area contributed by atoms with E-state index in [1.54, 1.807) is 0 Å². The van der Waals surface area contributed by atoms with Gasteiger partial charge in [-0.3, -0.25) is 5.10 Å². The number of hydrogen-bond acceptors (Lipinski definition) is 2. The van der Waals surface area contributed by atoms with E-state index in [0.29, 0.717) is 17.4 Å². The summed E-state index contributed by atoms with van der Waals surface area (Å²) in [6.45, 7) is 1.10. The molecule has 2 aliphatic carbocycles. The second-order valence-corrected chi connectivity index (χ2v) is 7.94. The standard InChI is InChI=1S/C23H25N3/c1-2-5-18(6-3-1)21-13-22(21)24-16-23(11-4-12-23)20-9-7-17(8-10-20)19-14-25-26-15-19/h1-3,5-10,14-15,21-22,24H,4,11-13,16H2,(H,25,26)/t21-,22?/m1/s1. The third-order valence-corrected chi connectivity index (χ3v) is 6.36. The molecule has 26 heavy (non-hydrogen) atoms. The molecule has 0 saturated heterocycles. The van der Waals surface area contributed by atoms with Crippen molar-refractivity contribution in [2.75, 3.05) is 6.54 Å². The predicted octanol–water partition coefficient (Wildman–Crippen LogP) is 4.64. The van der Waals surface area contributed by atoms with Gasteiger partial charge in [0.05, 0.1) is 6.20 Å². The van der Waals surface area contributed by atoms with Crippen LogP contribution >= 0.6 is 0 Å². The van der Waals surface area contributed by atoms with Crippen molar-refractivity contribution in [2.45, 2.75) is 43.1 Å². The Morgan fingerprint density at radius 1 is 1.00 bits per heavy atom. The molecule has 2 fully saturated rings. The summed E-state index contributed by atoms with van der Waals surface area (Å²) in [5.41, 5.74) is 5.69. The molecule has 0 radical (unpaired) electrons. The van der Waals surface area contributed by atoms with Crippen LogP contribution in [0.15, 0.2) is 67.0 Å². The van der Waals surface area contributed by atoms with Gasteiger partial charge in [0.1, 0.15) is 0 Å². The number of hydrogen-bond donors (Lipinski definition) is 2. The lowest BCUT2D eigenvalue weighted by Gasteiger charge is -2.43. The average molecular weight is 343 g/mol. The van der Waals surface area contributed by atoms with E-state index in [0.717, 1.165) is 12.1 Å². The topological polar surface area (TPSA) is 40.7 Å². The lowest BCUT2D eigenvalue weighted by molar-refractivity contribution is 0.232. The Morgan fingerprint density at radius 3 is 2.46 bits per heavy atom. The lowest BCUT2D eigenvalue weighted by Crippen LogP contribution is -2.44. The molecule has 3 nitrogen and oxygen atoms in total. The van der Waals surface area contributed by atoms with Crippen LogP contribution in [0.2, 0.25) is 0 Å². The summed E-state index contributed by atoms with van der Waals surface area (Å²) in [5, 5.41) is 10.8. The molecule has 132 valence electrons. The van der Waals surface area contributed by atoms with Gasteiger partial charge in [0.15, 0.2) is 0 Å². The van der Waals surface area contributed by atoms with Crippen molar-refractivity contribution in [1.82, 2.24) is 15.5 Å². The lowest BCUT2D eigenvalue weighted by atomic mass is 9.64. The Balaban J connectivity index is 1.26. The number of aromatic nitrogens is 2. The second-order valence-electron chi connectivity index (χ2n) is 7.94. The molecule has 0 bridgehead atoms. The Labute approximate surface area is 154 Å². The van der Waals surface area contributed by atoms with Gasteiger partial charge in [-0.25, -0.2) is 0 Å². The zero-order valence-corrected chi connectivity index (χ0v) is 15.0. The van der Waals surface area contributed by atoms with Crippen molar-refractivity contribution in [3.63, 3.8) is 0 Å². The van der Waals surface area contributed by atoms with Crippen LogP contribution in [0.4, 0.5) is 0 Å². The van der Waals surface area contributed by atoms with E-state index in [1.807, 2.05) is 12.4 Å². The fourth-order valence-electron chi connectivity index (χ4n) is 4.41. The molecule has 5 rings (SSSR count). The summed E-state index contributed by atoms with van der Waals surface area (Å²) >= 11 is 0. The molecular weight excluding hydrogens is 318 g/mol. The zero-order chi connectivity index (χ0) is 17.4. The first-order valence-corrected chi connectivity index (χ1v) is 9.72. The maximum atomic E-state index is 4.05. The van der Waals surface area contributed by atoms with Gasteiger partial charge in [-0.05, 0) is 36.0 Å². The number of H-pyrrole nitrogens is 1. The summed E-state index contributed by atoms with van der Waals surface area (Å²) in [7, 11) is 0. The SMILES string of the molecule is c1ccc([C@H]2CC2NCC2(c3ccc(-c4cn[nH]c4)cc3)CCC2)cc1. The van der Waals surface area contributed by atoms with E-state index < -0.39 is 0 Å². The van der Waals surface area contributed by atoms with E-state index in [2.05, 4.69) is 70.1 Å². The van der Waals surface area contributed by atoms with E-state index >= 15 is 0 Å². The van der Waals surface area contributed by atoms with Crippen molar-refractivity contribution in [2.24, 2.45) is 0 Å². The highest BCUT2D eigenvalue weighted by Gasteiger charge is 2.43. The zero-order valence-electron chi connectivity index (χ0n) is 15.0. The number of rotatable bonds is 6. The predicted molar refractivity (Wildman–Crippen MR) is 105 cm³/mol. The van der Waals surface area contributed by atoms with Gasteiger partial charge in [-0.1, -0.05) is 61.0 Å². The van der Waals surface area contributed by atoms with Crippen molar-refractivity contribution in [3.8, 4) is 11.1 Å². The van der Waals surface area contributed by atoms with Crippen molar-refractivity contribution < 1.29 is 0 Å². The van der Waals surface area contributed by atoms with Crippen LogP contribution in [-0.2, 0) is 5.41 Å². The molecule has 1 unspecified atom stereocenters. The number of nitrogens with one attached hydrogen (secondary N) is 2. The van der Waals surface area contributed by atoms with Crippen LogP contribution in [0.1, 0.15) is 42.7 Å². The maximum absolute atomic E-state index is 4.05. The molecule has 0 aliphatic heterocycles. The molecule has 1 aromatic heterocycles. The molecule has 3 heteroatoms. The van der Waals surface area contributed by atoms with Crippen LogP contribution in [-0.4, -0.2) is 22.8 Å². The molecule has 3 aromatic rings. The van der Waals surface area contributed by atoms with Crippen LogP contribution in [0.3, 0.4) is 0 Å². The van der Waals surface area contributed by atoms with E-state index in [1.165, 1.54) is 42.4 Å². The van der Waals surface area contributed by atoms with E-state index in [-0.39, 0.29) is 0 Å². The molecule has 0 amide bonds. The van der Waals surface area contributed by atoms with Crippen molar-refractivity contribution in [3.05, 3.63) is 78.1 Å². The molecule has 2 atom stereocenters. The summed E-state index contributed by atoms with van der Waals surface area (Å²) in [6, 6.07) is 20.7. The first-order chi connectivity index (χ1) is 12.8. The van der Waals surface area contributed by atoms with Gasteiger partial charge in [0, 0.05) is 35.7 Å². The fourth-order valence-corrected chi connectivity index (χ4v) is 4.41. The highest BCUT2D eigenvalue weighted by atomic mass is 15.1. The normalized spacial score (nSPS) is 23.4. The van der Waals surface area contributed by atoms with E-state index in [9.17, 15) is 0 Å².